The molecule has 0 spiro atoms. The van der Waals surface area contributed by atoms with Gasteiger partial charge >= 0.3 is 0 Å². The standard InChI is InChI=1S/C13H15Cl2N2/c1-17(2,3)8-9-6-10-4-5-11(14)12(15)13(10)16-7-9/h4-7H,8H2,1-3H3/q+1. The fourth-order valence-electron chi connectivity index (χ4n) is 1.82. The first-order chi connectivity index (χ1) is 7.87. The lowest BCUT2D eigenvalue weighted by Gasteiger charge is -2.23. The van der Waals surface area contributed by atoms with Gasteiger partial charge in [-0.3, -0.25) is 4.98 Å². The molecule has 2 aromatic rings. The first kappa shape index (κ1) is 12.6. The molecule has 1 heterocycles. The minimum absolute atomic E-state index is 0.529. The van der Waals surface area contributed by atoms with Crippen molar-refractivity contribution in [3.8, 4) is 0 Å². The second-order valence-electron chi connectivity index (χ2n) is 5.23. The van der Waals surface area contributed by atoms with Crippen LogP contribution >= 0.6 is 23.2 Å². The van der Waals surface area contributed by atoms with Gasteiger partial charge in [-0.05, 0) is 12.1 Å². The smallest absolute Gasteiger partial charge is 0.105 e. The summed E-state index contributed by atoms with van der Waals surface area (Å²) in [7, 11) is 6.46. The number of fused-ring (bicyclic) bond motifs is 1. The molecule has 2 nitrogen and oxygen atoms in total. The van der Waals surface area contributed by atoms with Crippen molar-refractivity contribution in [1.29, 1.82) is 0 Å². The Hall–Kier alpha value is -0.830. The van der Waals surface area contributed by atoms with E-state index in [1.165, 1.54) is 5.56 Å². The SMILES string of the molecule is C[N+](C)(C)Cc1cnc2c(Cl)c(Cl)ccc2c1. The molecule has 0 amide bonds. The van der Waals surface area contributed by atoms with Crippen molar-refractivity contribution in [1.82, 2.24) is 4.98 Å². The number of quaternary nitrogens is 1. The highest BCUT2D eigenvalue weighted by molar-refractivity contribution is 6.44. The molecule has 1 aromatic carbocycles. The maximum Gasteiger partial charge on any atom is 0.105 e. The van der Waals surface area contributed by atoms with E-state index in [2.05, 4.69) is 32.2 Å². The molecule has 2 rings (SSSR count). The molecule has 1 aromatic heterocycles. The third-order valence-electron chi connectivity index (χ3n) is 2.46. The summed E-state index contributed by atoms with van der Waals surface area (Å²) >= 11 is 12.1. The molecule has 4 heteroatoms. The number of hydrogen-bond donors (Lipinski definition) is 0. The second kappa shape index (κ2) is 4.45. The van der Waals surface area contributed by atoms with Gasteiger partial charge in [-0.1, -0.05) is 29.3 Å². The molecule has 0 fully saturated rings. The molecule has 0 radical (unpaired) electrons. The Morgan fingerprint density at radius 2 is 1.88 bits per heavy atom. The fourth-order valence-corrected chi connectivity index (χ4v) is 2.19. The molecule has 0 bridgehead atoms. The lowest BCUT2D eigenvalue weighted by molar-refractivity contribution is -0.884. The molecule has 0 aliphatic rings. The van der Waals surface area contributed by atoms with Crippen LogP contribution in [0.1, 0.15) is 5.56 Å². The van der Waals surface area contributed by atoms with Crippen molar-refractivity contribution < 1.29 is 4.48 Å². The number of pyridine rings is 1. The van der Waals surface area contributed by atoms with Gasteiger partial charge in [0.25, 0.3) is 0 Å². The summed E-state index contributed by atoms with van der Waals surface area (Å²) < 4.78 is 0.870. The first-order valence-corrected chi connectivity index (χ1v) is 6.15. The second-order valence-corrected chi connectivity index (χ2v) is 6.01. The maximum absolute atomic E-state index is 6.11. The van der Waals surface area contributed by atoms with Crippen LogP contribution in [0, 0.1) is 0 Å². The number of hydrogen-bond acceptors (Lipinski definition) is 1. The van der Waals surface area contributed by atoms with Crippen LogP contribution in [0.3, 0.4) is 0 Å². The van der Waals surface area contributed by atoms with Crippen molar-refractivity contribution in [2.24, 2.45) is 0 Å². The average Bonchev–Trinajstić information content (AvgIpc) is 2.21. The van der Waals surface area contributed by atoms with E-state index in [4.69, 9.17) is 23.2 Å². The van der Waals surface area contributed by atoms with Crippen LogP contribution < -0.4 is 0 Å². The summed E-state index contributed by atoms with van der Waals surface area (Å²) in [5.41, 5.74) is 1.97. The molecule has 17 heavy (non-hydrogen) atoms. The van der Waals surface area contributed by atoms with Crippen LogP contribution in [0.2, 0.25) is 10.0 Å². The van der Waals surface area contributed by atoms with E-state index in [1.54, 1.807) is 0 Å². The van der Waals surface area contributed by atoms with Crippen molar-refractivity contribution in [3.63, 3.8) is 0 Å². The van der Waals surface area contributed by atoms with E-state index < -0.39 is 0 Å². The van der Waals surface area contributed by atoms with Crippen LogP contribution in [-0.2, 0) is 6.54 Å². The molecule has 0 saturated heterocycles. The van der Waals surface area contributed by atoms with Crippen molar-refractivity contribution in [2.75, 3.05) is 21.1 Å². The Bertz CT molecular complexity index is 559. The summed E-state index contributed by atoms with van der Waals surface area (Å²) in [4.78, 5) is 4.40. The van der Waals surface area contributed by atoms with Crippen LogP contribution in [-0.4, -0.2) is 30.6 Å². The average molecular weight is 270 g/mol. The highest BCUT2D eigenvalue weighted by Crippen LogP contribution is 2.29. The van der Waals surface area contributed by atoms with Gasteiger partial charge in [0.2, 0.25) is 0 Å². The van der Waals surface area contributed by atoms with Gasteiger partial charge in [-0.25, -0.2) is 0 Å². The molecule has 0 unspecified atom stereocenters. The third kappa shape index (κ3) is 2.89. The number of halogens is 2. The van der Waals surface area contributed by atoms with Crippen molar-refractivity contribution in [3.05, 3.63) is 40.0 Å². The predicted molar refractivity (Wildman–Crippen MR) is 73.5 cm³/mol. The Kier molecular flexibility index (Phi) is 3.30. The van der Waals surface area contributed by atoms with E-state index in [1.807, 2.05) is 18.3 Å². The first-order valence-electron chi connectivity index (χ1n) is 5.40. The van der Waals surface area contributed by atoms with Gasteiger partial charge < -0.3 is 4.48 Å². The highest BCUT2D eigenvalue weighted by Gasteiger charge is 2.11. The van der Waals surface area contributed by atoms with Crippen molar-refractivity contribution >= 4 is 34.1 Å². The van der Waals surface area contributed by atoms with E-state index in [0.717, 1.165) is 21.9 Å². The Morgan fingerprint density at radius 1 is 1.18 bits per heavy atom. The Morgan fingerprint density at radius 3 is 2.53 bits per heavy atom. The van der Waals surface area contributed by atoms with Gasteiger partial charge in [0, 0.05) is 17.1 Å². The zero-order chi connectivity index (χ0) is 12.6. The summed E-state index contributed by atoms with van der Waals surface area (Å²) in [6.07, 6.45) is 1.87. The van der Waals surface area contributed by atoms with Gasteiger partial charge in [0.15, 0.2) is 0 Å². The monoisotopic (exact) mass is 269 g/mol. The maximum atomic E-state index is 6.11. The van der Waals surface area contributed by atoms with E-state index in [0.29, 0.717) is 10.0 Å². The van der Waals surface area contributed by atoms with Crippen LogP contribution in [0.5, 0.6) is 0 Å². The van der Waals surface area contributed by atoms with Crippen LogP contribution in [0.25, 0.3) is 10.9 Å². The Labute approximate surface area is 111 Å². The number of rotatable bonds is 2. The number of aromatic nitrogens is 1. The van der Waals surface area contributed by atoms with Gasteiger partial charge in [0.1, 0.15) is 6.54 Å². The molecular weight excluding hydrogens is 255 g/mol. The van der Waals surface area contributed by atoms with Crippen LogP contribution in [0.4, 0.5) is 0 Å². The van der Waals surface area contributed by atoms with Gasteiger partial charge in [-0.2, -0.15) is 0 Å². The highest BCUT2D eigenvalue weighted by atomic mass is 35.5. The quantitative estimate of drug-likeness (QED) is 0.757. The van der Waals surface area contributed by atoms with Gasteiger partial charge in [0.05, 0.1) is 36.7 Å². The fraction of sp³-hybridized carbons (Fsp3) is 0.308. The minimum atomic E-state index is 0.529. The lowest BCUT2D eigenvalue weighted by Crippen LogP contribution is -2.33. The molecule has 90 valence electrons. The Balaban J connectivity index is 2.49. The third-order valence-corrected chi connectivity index (χ3v) is 3.25. The molecular formula is C13H15Cl2N2+. The van der Waals surface area contributed by atoms with Crippen LogP contribution in [0.15, 0.2) is 24.4 Å². The zero-order valence-electron chi connectivity index (χ0n) is 10.2. The van der Waals surface area contributed by atoms with E-state index >= 15 is 0 Å². The normalized spacial score (nSPS) is 12.1. The molecule has 0 aliphatic heterocycles. The van der Waals surface area contributed by atoms with E-state index in [9.17, 15) is 0 Å². The predicted octanol–water partition coefficient (Wildman–Crippen LogP) is 3.75. The summed E-state index contributed by atoms with van der Waals surface area (Å²) in [6, 6.07) is 5.88. The van der Waals surface area contributed by atoms with Crippen molar-refractivity contribution in [2.45, 2.75) is 6.54 Å². The zero-order valence-corrected chi connectivity index (χ0v) is 11.7. The van der Waals surface area contributed by atoms with Gasteiger partial charge in [-0.15, -0.1) is 0 Å². The molecule has 0 aliphatic carbocycles. The summed E-state index contributed by atoms with van der Waals surface area (Å²) in [5.74, 6) is 0. The summed E-state index contributed by atoms with van der Waals surface area (Å²) in [6.45, 7) is 0.934. The lowest BCUT2D eigenvalue weighted by atomic mass is 10.1. The molecule has 0 N–H and O–H groups in total. The number of benzene rings is 1. The van der Waals surface area contributed by atoms with E-state index in [-0.39, 0.29) is 0 Å². The minimum Gasteiger partial charge on any atom is -0.327 e. The summed E-state index contributed by atoms with van der Waals surface area (Å²) in [5, 5.41) is 2.11. The largest absolute Gasteiger partial charge is 0.327 e. The molecule has 0 saturated carbocycles. The topological polar surface area (TPSA) is 12.9 Å². The number of nitrogens with zero attached hydrogens (tertiary/aromatic N) is 2. The molecule has 0 atom stereocenters.